The molecule has 0 N–H and O–H groups in total. The number of halogens is 1. The molecule has 26 heavy (non-hydrogen) atoms. The normalized spacial score (nSPS) is 12.0. The molecule has 0 saturated heterocycles. The Morgan fingerprint density at radius 1 is 1.08 bits per heavy atom. The van der Waals surface area contributed by atoms with Crippen LogP contribution in [0.15, 0.2) is 74.9 Å². The quantitative estimate of drug-likeness (QED) is 0.625. The number of nitrogens with zero attached hydrogens (tertiary/aromatic N) is 1. The first-order valence-corrected chi connectivity index (χ1v) is 9.18. The van der Waals surface area contributed by atoms with Gasteiger partial charge in [0.2, 0.25) is 9.84 Å². The number of nitriles is 1. The van der Waals surface area contributed by atoms with Gasteiger partial charge in [-0.3, -0.25) is 0 Å². The van der Waals surface area contributed by atoms with E-state index < -0.39 is 20.6 Å². The van der Waals surface area contributed by atoms with E-state index in [2.05, 4.69) is 0 Å². The molecule has 0 aliphatic heterocycles. The first-order chi connectivity index (χ1) is 12.4. The Labute approximate surface area is 150 Å². The van der Waals surface area contributed by atoms with E-state index in [9.17, 15) is 18.1 Å². The van der Waals surface area contributed by atoms with Crippen molar-refractivity contribution in [2.24, 2.45) is 0 Å². The third-order valence-electron chi connectivity index (χ3n) is 3.77. The van der Waals surface area contributed by atoms with Crippen LogP contribution in [0.25, 0.3) is 17.4 Å². The Hall–Kier alpha value is -3.17. The minimum atomic E-state index is -3.96. The Morgan fingerprint density at radius 3 is 2.42 bits per heavy atom. The van der Waals surface area contributed by atoms with Gasteiger partial charge < -0.3 is 4.42 Å². The second-order valence-electron chi connectivity index (χ2n) is 5.62. The van der Waals surface area contributed by atoms with Crippen LogP contribution in [0, 0.1) is 24.1 Å². The molecule has 0 aliphatic rings. The van der Waals surface area contributed by atoms with Crippen LogP contribution in [-0.4, -0.2) is 8.42 Å². The van der Waals surface area contributed by atoms with Crippen LogP contribution >= 0.6 is 0 Å². The lowest BCUT2D eigenvalue weighted by Crippen LogP contribution is -2.03. The van der Waals surface area contributed by atoms with Crippen LogP contribution in [-0.2, 0) is 9.84 Å². The molecular weight excluding hydrogens is 353 g/mol. The molecule has 0 spiro atoms. The minimum Gasteiger partial charge on any atom is -0.457 e. The van der Waals surface area contributed by atoms with E-state index in [0.29, 0.717) is 0 Å². The molecule has 0 saturated carbocycles. The smallest absolute Gasteiger partial charge is 0.216 e. The van der Waals surface area contributed by atoms with Gasteiger partial charge in [0.15, 0.2) is 4.91 Å². The molecule has 0 fully saturated rings. The van der Waals surface area contributed by atoms with Crippen molar-refractivity contribution in [1.29, 1.82) is 5.26 Å². The topological polar surface area (TPSA) is 71.1 Å². The maximum Gasteiger partial charge on any atom is 0.216 e. The molecule has 0 aliphatic carbocycles. The number of hydrogen-bond acceptors (Lipinski definition) is 4. The summed E-state index contributed by atoms with van der Waals surface area (Å²) in [6.45, 7) is 1.84. The van der Waals surface area contributed by atoms with E-state index in [1.165, 1.54) is 30.3 Å². The average molecular weight is 367 g/mol. The highest BCUT2D eigenvalue weighted by molar-refractivity contribution is 7.95. The van der Waals surface area contributed by atoms with Crippen molar-refractivity contribution in [3.63, 3.8) is 0 Å². The maximum absolute atomic E-state index is 13.8. The summed E-state index contributed by atoms with van der Waals surface area (Å²) in [7, 11) is -3.96. The van der Waals surface area contributed by atoms with Crippen molar-refractivity contribution < 1.29 is 17.2 Å². The fourth-order valence-electron chi connectivity index (χ4n) is 2.38. The highest BCUT2D eigenvalue weighted by Crippen LogP contribution is 2.27. The molecule has 0 unspecified atom stereocenters. The largest absolute Gasteiger partial charge is 0.457 e. The first kappa shape index (κ1) is 17.6. The Bertz CT molecular complexity index is 1120. The predicted octanol–water partition coefficient (Wildman–Crippen LogP) is 4.73. The fraction of sp³-hybridized carbons (Fsp3) is 0.0500. The molecule has 0 radical (unpaired) electrons. The van der Waals surface area contributed by atoms with Crippen LogP contribution < -0.4 is 0 Å². The van der Waals surface area contributed by atoms with E-state index in [4.69, 9.17) is 4.42 Å². The van der Waals surface area contributed by atoms with Crippen LogP contribution in [0.3, 0.4) is 0 Å². The second-order valence-corrected chi connectivity index (χ2v) is 7.54. The van der Waals surface area contributed by atoms with Crippen LogP contribution in [0.4, 0.5) is 4.39 Å². The van der Waals surface area contributed by atoms with Gasteiger partial charge >= 0.3 is 0 Å². The van der Waals surface area contributed by atoms with Crippen molar-refractivity contribution in [2.75, 3.05) is 0 Å². The van der Waals surface area contributed by atoms with Gasteiger partial charge in [0, 0.05) is 6.08 Å². The van der Waals surface area contributed by atoms with Crippen LogP contribution in [0.5, 0.6) is 0 Å². The maximum atomic E-state index is 13.8. The zero-order chi connectivity index (χ0) is 18.7. The molecule has 4 nitrogen and oxygen atoms in total. The number of sulfone groups is 1. The summed E-state index contributed by atoms with van der Waals surface area (Å²) in [6, 6.07) is 17.0. The Balaban J connectivity index is 1.99. The zero-order valence-corrected chi connectivity index (χ0v) is 14.6. The van der Waals surface area contributed by atoms with Gasteiger partial charge in [0.25, 0.3) is 0 Å². The molecule has 130 valence electrons. The average Bonchev–Trinajstić information content (AvgIpc) is 3.08. The van der Waals surface area contributed by atoms with E-state index in [1.807, 2.05) is 6.92 Å². The summed E-state index contributed by atoms with van der Waals surface area (Å²) in [5.74, 6) is -0.0555. The minimum absolute atomic E-state index is 0.0248. The molecule has 1 aromatic heterocycles. The second kappa shape index (κ2) is 6.98. The standard InChI is InChI=1S/C20H14FNO3S/c1-14-6-9-16(10-7-14)26(23,24)17(13-22)12-15-8-11-20(25-15)18-4-2-3-5-19(18)21/h2-12H,1H3/b17-12+. The van der Waals surface area contributed by atoms with Crippen molar-refractivity contribution >= 4 is 15.9 Å². The number of benzene rings is 2. The third kappa shape index (κ3) is 3.44. The molecule has 0 bridgehead atoms. The van der Waals surface area contributed by atoms with E-state index in [0.717, 1.165) is 11.6 Å². The number of rotatable bonds is 4. The van der Waals surface area contributed by atoms with Gasteiger partial charge in [0.05, 0.1) is 10.5 Å². The van der Waals surface area contributed by atoms with Crippen molar-refractivity contribution in [3.8, 4) is 17.4 Å². The lowest BCUT2D eigenvalue weighted by atomic mass is 10.1. The van der Waals surface area contributed by atoms with Gasteiger partial charge in [-0.1, -0.05) is 29.8 Å². The summed E-state index contributed by atoms with van der Waals surface area (Å²) < 4.78 is 44.6. The van der Waals surface area contributed by atoms with Crippen molar-refractivity contribution in [3.05, 3.63) is 82.7 Å². The number of aryl methyl sites for hydroxylation is 1. The lowest BCUT2D eigenvalue weighted by molar-refractivity contribution is 0.560. The van der Waals surface area contributed by atoms with E-state index in [1.54, 1.807) is 36.4 Å². The SMILES string of the molecule is Cc1ccc(S(=O)(=O)/C(C#N)=C/c2ccc(-c3ccccc3F)o2)cc1. The Kier molecular flexibility index (Phi) is 4.74. The predicted molar refractivity (Wildman–Crippen MR) is 96.1 cm³/mol. The van der Waals surface area contributed by atoms with Gasteiger partial charge in [-0.25, -0.2) is 12.8 Å². The molecule has 1 heterocycles. The number of furan rings is 1. The molecule has 6 heteroatoms. The third-order valence-corrected chi connectivity index (χ3v) is 5.45. The lowest BCUT2D eigenvalue weighted by Gasteiger charge is -2.03. The molecule has 3 rings (SSSR count). The summed E-state index contributed by atoms with van der Waals surface area (Å²) in [6.07, 6.45) is 1.14. The van der Waals surface area contributed by atoms with Gasteiger partial charge in [-0.05, 0) is 43.3 Å². The molecule has 0 amide bonds. The first-order valence-electron chi connectivity index (χ1n) is 7.70. The monoisotopic (exact) mass is 367 g/mol. The molecule has 3 aromatic rings. The molecule has 2 aromatic carbocycles. The summed E-state index contributed by atoms with van der Waals surface area (Å²) >= 11 is 0. The van der Waals surface area contributed by atoms with Crippen LogP contribution in [0.1, 0.15) is 11.3 Å². The Morgan fingerprint density at radius 2 is 1.77 bits per heavy atom. The van der Waals surface area contributed by atoms with Crippen LogP contribution in [0.2, 0.25) is 0 Å². The van der Waals surface area contributed by atoms with Gasteiger partial charge in [0.1, 0.15) is 23.4 Å². The fourth-order valence-corrected chi connectivity index (χ4v) is 3.52. The van der Waals surface area contributed by atoms with Gasteiger partial charge in [-0.15, -0.1) is 0 Å². The highest BCUT2D eigenvalue weighted by Gasteiger charge is 2.21. The summed E-state index contributed by atoms with van der Waals surface area (Å²) in [5, 5.41) is 9.31. The summed E-state index contributed by atoms with van der Waals surface area (Å²) in [5.41, 5.74) is 1.17. The number of hydrogen-bond donors (Lipinski definition) is 0. The number of allylic oxidation sites excluding steroid dienone is 1. The van der Waals surface area contributed by atoms with Crippen molar-refractivity contribution in [1.82, 2.24) is 0 Å². The van der Waals surface area contributed by atoms with E-state index in [-0.39, 0.29) is 22.0 Å². The summed E-state index contributed by atoms with van der Waals surface area (Å²) in [4.78, 5) is -0.424. The highest BCUT2D eigenvalue weighted by atomic mass is 32.2. The van der Waals surface area contributed by atoms with E-state index >= 15 is 0 Å². The zero-order valence-electron chi connectivity index (χ0n) is 13.8. The van der Waals surface area contributed by atoms with Gasteiger partial charge in [-0.2, -0.15) is 5.26 Å². The molecule has 0 atom stereocenters. The molecular formula is C20H14FNO3S. The van der Waals surface area contributed by atoms with Crippen molar-refractivity contribution in [2.45, 2.75) is 11.8 Å².